The van der Waals surface area contributed by atoms with Crippen molar-refractivity contribution in [3.63, 3.8) is 0 Å². The van der Waals surface area contributed by atoms with Gasteiger partial charge in [-0.15, -0.1) is 0 Å². The van der Waals surface area contributed by atoms with Crippen LogP contribution in [0.2, 0.25) is 0 Å². The standard InChI is InChI=1S/C6H9BrN2/c1-5(7)6-8-3-4-9(6)2/h3-5H,1-2H3/t5-/m1/s1. The van der Waals surface area contributed by atoms with Crippen LogP contribution in [0.1, 0.15) is 17.6 Å². The van der Waals surface area contributed by atoms with Gasteiger partial charge in [-0.25, -0.2) is 4.98 Å². The average Bonchev–Trinajstić information content (AvgIpc) is 2.13. The molecule has 0 N–H and O–H groups in total. The number of rotatable bonds is 1. The number of aryl methyl sites for hydroxylation is 1. The van der Waals surface area contributed by atoms with Crippen LogP contribution < -0.4 is 0 Å². The molecular formula is C6H9BrN2. The molecule has 0 unspecified atom stereocenters. The number of alkyl halides is 1. The minimum atomic E-state index is 0.345. The molecule has 0 bridgehead atoms. The molecule has 0 aliphatic rings. The molecule has 0 aromatic carbocycles. The highest BCUT2D eigenvalue weighted by atomic mass is 79.9. The zero-order chi connectivity index (χ0) is 6.85. The third-order valence-electron chi connectivity index (χ3n) is 1.21. The molecule has 0 amide bonds. The maximum Gasteiger partial charge on any atom is 0.121 e. The van der Waals surface area contributed by atoms with Crippen molar-refractivity contribution in [1.82, 2.24) is 9.55 Å². The Labute approximate surface area is 63.0 Å². The summed E-state index contributed by atoms with van der Waals surface area (Å²) in [6.45, 7) is 2.06. The molecule has 2 nitrogen and oxygen atoms in total. The molecule has 1 heterocycles. The van der Waals surface area contributed by atoms with Crippen LogP contribution in [0.3, 0.4) is 0 Å². The molecule has 0 spiro atoms. The maximum absolute atomic E-state index is 4.13. The summed E-state index contributed by atoms with van der Waals surface area (Å²) in [5, 5.41) is 0. The fourth-order valence-corrected chi connectivity index (χ4v) is 1.20. The molecule has 0 fully saturated rings. The van der Waals surface area contributed by atoms with E-state index in [1.54, 1.807) is 6.20 Å². The van der Waals surface area contributed by atoms with Crippen molar-refractivity contribution in [3.05, 3.63) is 18.2 Å². The minimum absolute atomic E-state index is 0.345. The Balaban J connectivity index is 2.94. The van der Waals surface area contributed by atoms with E-state index in [9.17, 15) is 0 Å². The van der Waals surface area contributed by atoms with E-state index in [1.165, 1.54) is 0 Å². The Morgan fingerprint density at radius 3 is 2.67 bits per heavy atom. The van der Waals surface area contributed by atoms with Gasteiger partial charge in [-0.05, 0) is 6.92 Å². The molecule has 0 aliphatic heterocycles. The summed E-state index contributed by atoms with van der Waals surface area (Å²) in [6.07, 6.45) is 3.74. The molecule has 0 aliphatic carbocycles. The lowest BCUT2D eigenvalue weighted by atomic mass is 10.5. The van der Waals surface area contributed by atoms with Gasteiger partial charge in [0.05, 0.1) is 4.83 Å². The Bertz CT molecular complexity index is 193. The van der Waals surface area contributed by atoms with Crippen LogP contribution >= 0.6 is 15.9 Å². The van der Waals surface area contributed by atoms with E-state index in [4.69, 9.17) is 0 Å². The molecule has 1 aromatic rings. The van der Waals surface area contributed by atoms with E-state index in [2.05, 4.69) is 27.8 Å². The summed E-state index contributed by atoms with van der Waals surface area (Å²) in [5.41, 5.74) is 0. The highest BCUT2D eigenvalue weighted by Crippen LogP contribution is 2.17. The molecule has 9 heavy (non-hydrogen) atoms. The molecule has 1 rings (SSSR count). The fraction of sp³-hybridized carbons (Fsp3) is 0.500. The van der Waals surface area contributed by atoms with Crippen LogP contribution in [0.15, 0.2) is 12.4 Å². The van der Waals surface area contributed by atoms with Crippen LogP contribution in [-0.4, -0.2) is 9.55 Å². The molecule has 50 valence electrons. The second-order valence-electron chi connectivity index (χ2n) is 2.01. The molecule has 1 atom stereocenters. The van der Waals surface area contributed by atoms with Gasteiger partial charge >= 0.3 is 0 Å². The number of nitrogens with zero attached hydrogens (tertiary/aromatic N) is 2. The van der Waals surface area contributed by atoms with Gasteiger partial charge in [-0.2, -0.15) is 0 Å². The molecule has 0 saturated carbocycles. The van der Waals surface area contributed by atoms with Gasteiger partial charge in [-0.3, -0.25) is 0 Å². The van der Waals surface area contributed by atoms with Crippen molar-refractivity contribution in [2.75, 3.05) is 0 Å². The van der Waals surface area contributed by atoms with Gasteiger partial charge in [0.25, 0.3) is 0 Å². The van der Waals surface area contributed by atoms with Gasteiger partial charge < -0.3 is 4.57 Å². The van der Waals surface area contributed by atoms with E-state index in [0.29, 0.717) is 4.83 Å². The zero-order valence-electron chi connectivity index (χ0n) is 5.50. The summed E-state index contributed by atoms with van der Waals surface area (Å²) < 4.78 is 2.00. The van der Waals surface area contributed by atoms with E-state index >= 15 is 0 Å². The predicted octanol–water partition coefficient (Wildman–Crippen LogP) is 1.88. The first kappa shape index (κ1) is 6.81. The summed E-state index contributed by atoms with van der Waals surface area (Å²) in [5.74, 6) is 1.06. The van der Waals surface area contributed by atoms with Crippen LogP contribution in [0, 0.1) is 0 Å². The van der Waals surface area contributed by atoms with Crippen molar-refractivity contribution < 1.29 is 0 Å². The Morgan fingerprint density at radius 2 is 2.44 bits per heavy atom. The van der Waals surface area contributed by atoms with Gasteiger partial charge in [0.2, 0.25) is 0 Å². The first-order chi connectivity index (χ1) is 4.22. The van der Waals surface area contributed by atoms with Crippen molar-refractivity contribution >= 4 is 15.9 Å². The Hall–Kier alpha value is -0.310. The predicted molar refractivity (Wildman–Crippen MR) is 40.6 cm³/mol. The number of halogens is 1. The second kappa shape index (κ2) is 2.52. The third-order valence-corrected chi connectivity index (χ3v) is 1.62. The van der Waals surface area contributed by atoms with Crippen molar-refractivity contribution in [2.45, 2.75) is 11.8 Å². The number of imidazole rings is 1. The largest absolute Gasteiger partial charge is 0.337 e. The Morgan fingerprint density at radius 1 is 1.78 bits per heavy atom. The van der Waals surface area contributed by atoms with E-state index in [0.717, 1.165) is 5.82 Å². The number of hydrogen-bond acceptors (Lipinski definition) is 1. The second-order valence-corrected chi connectivity index (χ2v) is 3.39. The molecule has 0 radical (unpaired) electrons. The lowest BCUT2D eigenvalue weighted by Crippen LogP contribution is -1.95. The zero-order valence-corrected chi connectivity index (χ0v) is 7.09. The van der Waals surface area contributed by atoms with Crippen molar-refractivity contribution in [2.24, 2.45) is 7.05 Å². The van der Waals surface area contributed by atoms with Gasteiger partial charge in [0.1, 0.15) is 5.82 Å². The number of hydrogen-bond donors (Lipinski definition) is 0. The van der Waals surface area contributed by atoms with Crippen molar-refractivity contribution in [3.8, 4) is 0 Å². The quantitative estimate of drug-likeness (QED) is 0.616. The van der Waals surface area contributed by atoms with Crippen LogP contribution in [0.4, 0.5) is 0 Å². The van der Waals surface area contributed by atoms with Gasteiger partial charge in [-0.1, -0.05) is 15.9 Å². The van der Waals surface area contributed by atoms with Crippen LogP contribution in [-0.2, 0) is 7.05 Å². The third kappa shape index (κ3) is 1.33. The van der Waals surface area contributed by atoms with Gasteiger partial charge in [0, 0.05) is 19.4 Å². The smallest absolute Gasteiger partial charge is 0.121 e. The number of aromatic nitrogens is 2. The van der Waals surface area contributed by atoms with Crippen LogP contribution in [0.5, 0.6) is 0 Å². The van der Waals surface area contributed by atoms with Gasteiger partial charge in [0.15, 0.2) is 0 Å². The SMILES string of the molecule is C[C@@H](Br)c1nccn1C. The molecule has 0 saturated heterocycles. The van der Waals surface area contributed by atoms with Crippen LogP contribution in [0.25, 0.3) is 0 Å². The molecule has 1 aromatic heterocycles. The topological polar surface area (TPSA) is 17.8 Å². The van der Waals surface area contributed by atoms with E-state index < -0.39 is 0 Å². The normalized spacial score (nSPS) is 13.7. The molecule has 3 heteroatoms. The van der Waals surface area contributed by atoms with E-state index in [-0.39, 0.29) is 0 Å². The van der Waals surface area contributed by atoms with Crippen molar-refractivity contribution in [1.29, 1.82) is 0 Å². The lowest BCUT2D eigenvalue weighted by Gasteiger charge is -2.00. The minimum Gasteiger partial charge on any atom is -0.337 e. The fourth-order valence-electron chi connectivity index (χ4n) is 0.760. The lowest BCUT2D eigenvalue weighted by molar-refractivity contribution is 0.804. The highest BCUT2D eigenvalue weighted by molar-refractivity contribution is 9.09. The van der Waals surface area contributed by atoms with E-state index in [1.807, 2.05) is 17.8 Å². The maximum atomic E-state index is 4.13. The Kier molecular flexibility index (Phi) is 1.90. The summed E-state index contributed by atoms with van der Waals surface area (Å²) in [6, 6.07) is 0. The first-order valence-electron chi connectivity index (χ1n) is 2.83. The summed E-state index contributed by atoms with van der Waals surface area (Å²) in [7, 11) is 1.99. The monoisotopic (exact) mass is 188 g/mol. The summed E-state index contributed by atoms with van der Waals surface area (Å²) >= 11 is 3.43. The average molecular weight is 189 g/mol. The molecular weight excluding hydrogens is 180 g/mol. The first-order valence-corrected chi connectivity index (χ1v) is 3.74. The highest BCUT2D eigenvalue weighted by Gasteiger charge is 2.03. The summed E-state index contributed by atoms with van der Waals surface area (Å²) in [4.78, 5) is 4.48.